The van der Waals surface area contributed by atoms with Crippen molar-refractivity contribution in [2.24, 2.45) is 4.99 Å². The minimum absolute atomic E-state index is 0.0147. The monoisotopic (exact) mass is 387 g/mol. The van der Waals surface area contributed by atoms with E-state index < -0.39 is 0 Å². The van der Waals surface area contributed by atoms with Crippen LogP contribution in [-0.4, -0.2) is 78.3 Å². The summed E-state index contributed by atoms with van der Waals surface area (Å²) in [7, 11) is 5.21. The first-order chi connectivity index (χ1) is 13.1. The van der Waals surface area contributed by atoms with Crippen molar-refractivity contribution >= 4 is 17.8 Å². The van der Waals surface area contributed by atoms with E-state index in [-0.39, 0.29) is 23.4 Å². The van der Waals surface area contributed by atoms with Crippen LogP contribution in [0.3, 0.4) is 0 Å². The van der Waals surface area contributed by atoms with Crippen LogP contribution >= 0.6 is 0 Å². The third kappa shape index (κ3) is 4.82. The van der Waals surface area contributed by atoms with E-state index in [0.717, 1.165) is 5.56 Å². The van der Waals surface area contributed by atoms with Gasteiger partial charge in [-0.2, -0.15) is 0 Å². The van der Waals surface area contributed by atoms with E-state index >= 15 is 0 Å². The number of benzene rings is 1. The molecule has 154 valence electrons. The number of amides is 2. The van der Waals surface area contributed by atoms with Gasteiger partial charge >= 0.3 is 0 Å². The van der Waals surface area contributed by atoms with Crippen LogP contribution in [0.4, 0.5) is 0 Å². The second kappa shape index (κ2) is 8.63. The van der Waals surface area contributed by atoms with Crippen molar-refractivity contribution in [1.29, 1.82) is 0 Å². The summed E-state index contributed by atoms with van der Waals surface area (Å²) in [5.74, 6) is 0.804. The molecule has 2 rings (SSSR count). The number of piperazine rings is 1. The standard InChI is InChI=1S/C21H33N5O2/c1-15(2)26-18(27)13-25(14-21(26,3)4)20(22-5)23-12-16-8-10-17(11-9-16)19(28)24(6)7/h8-11,15H,12-14H2,1-7H3,(H,22,23). The third-order valence-electron chi connectivity index (χ3n) is 4.91. The molecular weight excluding hydrogens is 354 g/mol. The summed E-state index contributed by atoms with van der Waals surface area (Å²) in [5, 5.41) is 3.34. The van der Waals surface area contributed by atoms with Gasteiger partial charge in [0, 0.05) is 45.8 Å². The van der Waals surface area contributed by atoms with Crippen LogP contribution in [0.2, 0.25) is 0 Å². The van der Waals surface area contributed by atoms with Gasteiger partial charge in [-0.25, -0.2) is 0 Å². The van der Waals surface area contributed by atoms with Gasteiger partial charge in [0.15, 0.2) is 5.96 Å². The van der Waals surface area contributed by atoms with Crippen LogP contribution in [0.5, 0.6) is 0 Å². The molecule has 1 heterocycles. The maximum Gasteiger partial charge on any atom is 0.253 e. The molecule has 7 nitrogen and oxygen atoms in total. The van der Waals surface area contributed by atoms with Gasteiger partial charge in [-0.15, -0.1) is 0 Å². The molecule has 0 aromatic heterocycles. The molecular formula is C21H33N5O2. The van der Waals surface area contributed by atoms with Gasteiger partial charge in [-0.05, 0) is 45.4 Å². The summed E-state index contributed by atoms with van der Waals surface area (Å²) < 4.78 is 0. The Hall–Kier alpha value is -2.57. The quantitative estimate of drug-likeness (QED) is 0.632. The number of aliphatic imine (C=N–C) groups is 1. The van der Waals surface area contributed by atoms with Gasteiger partial charge in [0.05, 0.1) is 12.1 Å². The van der Waals surface area contributed by atoms with Crippen molar-refractivity contribution in [2.75, 3.05) is 34.2 Å². The minimum Gasteiger partial charge on any atom is -0.352 e. The molecule has 28 heavy (non-hydrogen) atoms. The molecule has 1 N–H and O–H groups in total. The van der Waals surface area contributed by atoms with E-state index in [1.807, 2.05) is 47.9 Å². The fraction of sp³-hybridized carbons (Fsp3) is 0.571. The second-order valence-electron chi connectivity index (χ2n) is 8.32. The van der Waals surface area contributed by atoms with Crippen LogP contribution in [0.25, 0.3) is 0 Å². The van der Waals surface area contributed by atoms with Crippen molar-refractivity contribution < 1.29 is 9.59 Å². The predicted octanol–water partition coefficient (Wildman–Crippen LogP) is 1.79. The van der Waals surface area contributed by atoms with E-state index in [4.69, 9.17) is 0 Å². The molecule has 0 radical (unpaired) electrons. The lowest BCUT2D eigenvalue weighted by Crippen LogP contribution is -2.66. The maximum atomic E-state index is 12.7. The highest BCUT2D eigenvalue weighted by Gasteiger charge is 2.40. The molecule has 1 aliphatic heterocycles. The topological polar surface area (TPSA) is 68.2 Å². The summed E-state index contributed by atoms with van der Waals surface area (Å²) in [6, 6.07) is 7.70. The predicted molar refractivity (Wildman–Crippen MR) is 112 cm³/mol. The highest BCUT2D eigenvalue weighted by Crippen LogP contribution is 2.24. The van der Waals surface area contributed by atoms with Crippen LogP contribution in [-0.2, 0) is 11.3 Å². The first-order valence-electron chi connectivity index (χ1n) is 9.65. The highest BCUT2D eigenvalue weighted by atomic mass is 16.2. The average molecular weight is 388 g/mol. The van der Waals surface area contributed by atoms with Crippen molar-refractivity contribution in [3.05, 3.63) is 35.4 Å². The molecule has 1 saturated heterocycles. The SMILES string of the molecule is CN=C(NCc1ccc(C(=O)N(C)C)cc1)N1CC(=O)N(C(C)C)C(C)(C)C1. The maximum absolute atomic E-state index is 12.7. The normalized spacial score (nSPS) is 17.1. The Bertz CT molecular complexity index is 738. The van der Waals surface area contributed by atoms with Gasteiger partial charge in [-0.3, -0.25) is 14.6 Å². The Kier molecular flexibility index (Phi) is 6.69. The lowest BCUT2D eigenvalue weighted by Gasteiger charge is -2.49. The van der Waals surface area contributed by atoms with Gasteiger partial charge in [0.2, 0.25) is 5.91 Å². The molecule has 0 spiro atoms. The summed E-state index contributed by atoms with van der Waals surface area (Å²) in [4.78, 5) is 34.6. The zero-order valence-electron chi connectivity index (χ0n) is 18.1. The number of guanidine groups is 1. The van der Waals surface area contributed by atoms with E-state index in [2.05, 4.69) is 24.2 Å². The zero-order valence-corrected chi connectivity index (χ0v) is 18.1. The Morgan fingerprint density at radius 1 is 1.25 bits per heavy atom. The van der Waals surface area contributed by atoms with Crippen molar-refractivity contribution in [2.45, 2.75) is 45.8 Å². The van der Waals surface area contributed by atoms with Crippen LogP contribution in [0.15, 0.2) is 29.3 Å². The van der Waals surface area contributed by atoms with Crippen molar-refractivity contribution in [3.8, 4) is 0 Å². The first kappa shape index (κ1) is 21.7. The third-order valence-corrected chi connectivity index (χ3v) is 4.91. The molecule has 0 aliphatic carbocycles. The number of nitrogens with zero attached hydrogens (tertiary/aromatic N) is 4. The lowest BCUT2D eigenvalue weighted by molar-refractivity contribution is -0.145. The minimum atomic E-state index is -0.269. The van der Waals surface area contributed by atoms with Crippen LogP contribution in [0, 0.1) is 0 Å². The smallest absolute Gasteiger partial charge is 0.253 e. The highest BCUT2D eigenvalue weighted by molar-refractivity contribution is 5.94. The molecule has 0 atom stereocenters. The lowest BCUT2D eigenvalue weighted by atomic mass is 9.96. The summed E-state index contributed by atoms with van der Waals surface area (Å²) in [6.45, 7) is 9.88. The molecule has 1 aliphatic rings. The van der Waals surface area contributed by atoms with Gasteiger partial charge in [0.25, 0.3) is 5.91 Å². The number of hydrogen-bond acceptors (Lipinski definition) is 3. The average Bonchev–Trinajstić information content (AvgIpc) is 2.60. The largest absolute Gasteiger partial charge is 0.352 e. The molecule has 1 fully saturated rings. The molecule has 1 aromatic rings. The van der Waals surface area contributed by atoms with E-state index in [1.165, 1.54) is 0 Å². The fourth-order valence-corrected chi connectivity index (χ4v) is 3.85. The molecule has 2 amide bonds. The summed E-state index contributed by atoms with van der Waals surface area (Å²) >= 11 is 0. The van der Waals surface area contributed by atoms with Gasteiger partial charge in [-0.1, -0.05) is 12.1 Å². The first-order valence-corrected chi connectivity index (χ1v) is 9.65. The van der Waals surface area contributed by atoms with Gasteiger partial charge < -0.3 is 20.0 Å². The van der Waals surface area contributed by atoms with Crippen molar-refractivity contribution in [1.82, 2.24) is 20.0 Å². The Morgan fingerprint density at radius 3 is 2.32 bits per heavy atom. The fourth-order valence-electron chi connectivity index (χ4n) is 3.85. The van der Waals surface area contributed by atoms with Crippen molar-refractivity contribution in [3.63, 3.8) is 0 Å². The number of carbonyl (C=O) groups excluding carboxylic acids is 2. The zero-order chi connectivity index (χ0) is 21.1. The van der Waals surface area contributed by atoms with E-state index in [9.17, 15) is 9.59 Å². The number of hydrogen-bond donors (Lipinski definition) is 1. The molecule has 0 bridgehead atoms. The summed E-state index contributed by atoms with van der Waals surface area (Å²) in [6.07, 6.45) is 0. The van der Waals surface area contributed by atoms with E-state index in [1.54, 1.807) is 26.0 Å². The number of rotatable bonds is 4. The van der Waals surface area contributed by atoms with Gasteiger partial charge in [0.1, 0.15) is 0 Å². The Balaban J connectivity index is 2.04. The Labute approximate surface area is 168 Å². The molecule has 1 aromatic carbocycles. The second-order valence-corrected chi connectivity index (χ2v) is 8.32. The number of carbonyl (C=O) groups is 2. The molecule has 0 unspecified atom stereocenters. The van der Waals surface area contributed by atoms with Crippen LogP contribution in [0.1, 0.15) is 43.6 Å². The Morgan fingerprint density at radius 2 is 1.86 bits per heavy atom. The molecule has 7 heteroatoms. The summed E-state index contributed by atoms with van der Waals surface area (Å²) in [5.41, 5.74) is 1.44. The van der Waals surface area contributed by atoms with Crippen LogP contribution < -0.4 is 5.32 Å². The number of nitrogens with one attached hydrogen (secondary N) is 1. The van der Waals surface area contributed by atoms with E-state index in [0.29, 0.717) is 31.2 Å². The molecule has 0 saturated carbocycles.